The number of pyridine rings is 1. The van der Waals surface area contributed by atoms with Crippen molar-refractivity contribution in [3.63, 3.8) is 0 Å². The van der Waals surface area contributed by atoms with E-state index in [4.69, 9.17) is 4.74 Å². The number of halogens is 4. The van der Waals surface area contributed by atoms with Gasteiger partial charge in [-0.2, -0.15) is 17.5 Å². The molecule has 0 N–H and O–H groups in total. The number of carbonyl (C=O) groups excluding carboxylic acids is 1. The lowest BCUT2D eigenvalue weighted by Gasteiger charge is -2.23. The smallest absolute Gasteiger partial charge is 0.433 e. The molecule has 0 radical (unpaired) electrons. The fourth-order valence-electron chi connectivity index (χ4n) is 4.16. The molecule has 1 aliphatic rings. The van der Waals surface area contributed by atoms with Crippen molar-refractivity contribution in [1.82, 2.24) is 9.29 Å². The highest BCUT2D eigenvalue weighted by Gasteiger charge is 2.39. The maximum Gasteiger partial charge on any atom is 0.433 e. The Bertz CT molecular complexity index is 1340. The molecule has 0 unspecified atom stereocenters. The number of aryl methyl sites for hydroxylation is 1. The molecule has 6 nitrogen and oxygen atoms in total. The van der Waals surface area contributed by atoms with Crippen LogP contribution in [0, 0.1) is 5.82 Å². The van der Waals surface area contributed by atoms with Crippen LogP contribution in [0.25, 0.3) is 0 Å². The Kier molecular flexibility index (Phi) is 7.93. The minimum Gasteiger partial charge on any atom is -0.489 e. The van der Waals surface area contributed by atoms with Crippen LogP contribution in [0.15, 0.2) is 71.8 Å². The monoisotopic (exact) mass is 536 g/mol. The summed E-state index contributed by atoms with van der Waals surface area (Å²) in [6, 6.07) is 12.9. The van der Waals surface area contributed by atoms with Gasteiger partial charge in [0.1, 0.15) is 23.9 Å². The molecule has 2 aromatic carbocycles. The van der Waals surface area contributed by atoms with Crippen molar-refractivity contribution >= 4 is 15.8 Å². The zero-order chi connectivity index (χ0) is 26.6. The van der Waals surface area contributed by atoms with Gasteiger partial charge in [-0.05, 0) is 67.3 Å². The molecule has 4 rings (SSSR count). The zero-order valence-corrected chi connectivity index (χ0v) is 20.4. The summed E-state index contributed by atoms with van der Waals surface area (Å²) in [7, 11) is -3.93. The number of ketones is 1. The first-order valence-corrected chi connectivity index (χ1v) is 13.0. The molecule has 0 aliphatic carbocycles. The highest BCUT2D eigenvalue weighted by atomic mass is 32.2. The number of Topliss-reactive ketones (excluding diaryl/α,β-unsaturated/α-hetero) is 1. The van der Waals surface area contributed by atoms with E-state index in [0.29, 0.717) is 30.6 Å². The van der Waals surface area contributed by atoms with E-state index in [1.807, 2.05) is 6.07 Å². The van der Waals surface area contributed by atoms with Gasteiger partial charge in [-0.15, -0.1) is 0 Å². The average Bonchev–Trinajstić information content (AvgIpc) is 3.38. The first-order chi connectivity index (χ1) is 17.5. The maximum atomic E-state index is 13.2. The molecule has 196 valence electrons. The average molecular weight is 537 g/mol. The zero-order valence-electron chi connectivity index (χ0n) is 19.6. The molecule has 37 heavy (non-hydrogen) atoms. The van der Waals surface area contributed by atoms with Crippen LogP contribution in [-0.2, 0) is 34.0 Å². The Morgan fingerprint density at radius 1 is 1.05 bits per heavy atom. The highest BCUT2D eigenvalue weighted by molar-refractivity contribution is 7.89. The quantitative estimate of drug-likeness (QED) is 0.353. The molecule has 1 atom stereocenters. The van der Waals surface area contributed by atoms with Crippen molar-refractivity contribution in [3.05, 3.63) is 89.5 Å². The SMILES string of the molecule is O=C(CCc1cccc(OCc2ccc(C(F)(F)F)nc2)c1)[C@@H]1CCCN1S(=O)(=O)c1ccc(F)cc1. The van der Waals surface area contributed by atoms with Crippen LogP contribution in [-0.4, -0.2) is 36.1 Å². The number of rotatable bonds is 9. The van der Waals surface area contributed by atoms with E-state index in [1.54, 1.807) is 18.2 Å². The number of hydrogen-bond acceptors (Lipinski definition) is 5. The second-order valence-corrected chi connectivity index (χ2v) is 10.6. The van der Waals surface area contributed by atoms with Crippen molar-refractivity contribution in [2.24, 2.45) is 0 Å². The van der Waals surface area contributed by atoms with Gasteiger partial charge < -0.3 is 4.74 Å². The van der Waals surface area contributed by atoms with Crippen LogP contribution < -0.4 is 4.74 Å². The number of ether oxygens (including phenoxy) is 1. The van der Waals surface area contributed by atoms with Crippen LogP contribution in [0.5, 0.6) is 5.75 Å². The lowest BCUT2D eigenvalue weighted by molar-refractivity contribution is -0.141. The van der Waals surface area contributed by atoms with Crippen molar-refractivity contribution in [1.29, 1.82) is 0 Å². The predicted molar refractivity (Wildman–Crippen MR) is 127 cm³/mol. The summed E-state index contributed by atoms with van der Waals surface area (Å²) in [5, 5.41) is 0. The second-order valence-electron chi connectivity index (χ2n) is 8.68. The Morgan fingerprint density at radius 3 is 2.49 bits per heavy atom. The molecule has 0 amide bonds. The molecular weight excluding hydrogens is 512 g/mol. The van der Waals surface area contributed by atoms with Crippen LogP contribution >= 0.6 is 0 Å². The number of carbonyl (C=O) groups is 1. The van der Waals surface area contributed by atoms with E-state index in [0.717, 1.165) is 30.0 Å². The van der Waals surface area contributed by atoms with Gasteiger partial charge in [0.2, 0.25) is 10.0 Å². The Labute approximate surface area is 212 Å². The molecule has 0 saturated carbocycles. The first kappa shape index (κ1) is 26.7. The molecule has 1 saturated heterocycles. The van der Waals surface area contributed by atoms with Crippen LogP contribution in [0.4, 0.5) is 17.6 Å². The first-order valence-electron chi connectivity index (χ1n) is 11.6. The van der Waals surface area contributed by atoms with E-state index >= 15 is 0 Å². The van der Waals surface area contributed by atoms with Crippen molar-refractivity contribution in [2.75, 3.05) is 6.54 Å². The summed E-state index contributed by atoms with van der Waals surface area (Å²) >= 11 is 0. The predicted octanol–water partition coefficient (Wildman–Crippen LogP) is 5.17. The van der Waals surface area contributed by atoms with Gasteiger partial charge in [-0.25, -0.2) is 12.8 Å². The third-order valence-electron chi connectivity index (χ3n) is 6.07. The summed E-state index contributed by atoms with van der Waals surface area (Å²) in [4.78, 5) is 16.3. The highest BCUT2D eigenvalue weighted by Crippen LogP contribution is 2.29. The number of sulfonamides is 1. The van der Waals surface area contributed by atoms with Gasteiger partial charge in [-0.1, -0.05) is 18.2 Å². The lowest BCUT2D eigenvalue weighted by Crippen LogP contribution is -2.40. The number of hydrogen-bond donors (Lipinski definition) is 0. The van der Waals surface area contributed by atoms with Crippen LogP contribution in [0.3, 0.4) is 0 Å². The molecule has 0 bridgehead atoms. The minimum absolute atomic E-state index is 0.0196. The largest absolute Gasteiger partial charge is 0.489 e. The van der Waals surface area contributed by atoms with Crippen LogP contribution in [0.1, 0.15) is 36.1 Å². The molecule has 0 spiro atoms. The van der Waals surface area contributed by atoms with Gasteiger partial charge >= 0.3 is 6.18 Å². The van der Waals surface area contributed by atoms with E-state index in [-0.39, 0.29) is 30.3 Å². The summed E-state index contributed by atoms with van der Waals surface area (Å²) < 4.78 is 84.1. The van der Waals surface area contributed by atoms with Gasteiger partial charge in [0, 0.05) is 24.7 Å². The molecular formula is C26H24F4N2O4S. The molecule has 1 fully saturated rings. The second kappa shape index (κ2) is 11.0. The minimum atomic E-state index is -4.51. The summed E-state index contributed by atoms with van der Waals surface area (Å²) in [5.41, 5.74) is 0.286. The van der Waals surface area contributed by atoms with Crippen molar-refractivity contribution in [2.45, 2.75) is 49.4 Å². The van der Waals surface area contributed by atoms with E-state index in [1.165, 1.54) is 22.5 Å². The van der Waals surface area contributed by atoms with Crippen molar-refractivity contribution < 1.29 is 35.5 Å². The maximum absolute atomic E-state index is 13.2. The summed E-state index contributed by atoms with van der Waals surface area (Å²) in [5.74, 6) is -0.271. The third kappa shape index (κ3) is 6.53. The van der Waals surface area contributed by atoms with Gasteiger partial charge in [-0.3, -0.25) is 9.78 Å². The summed E-state index contributed by atoms with van der Waals surface area (Å²) in [6.07, 6.45) is -1.95. The fraction of sp³-hybridized carbons (Fsp3) is 0.308. The number of alkyl halides is 3. The third-order valence-corrected chi connectivity index (χ3v) is 8.00. The van der Waals surface area contributed by atoms with E-state index < -0.39 is 33.8 Å². The summed E-state index contributed by atoms with van der Waals surface area (Å²) in [6.45, 7) is 0.240. The van der Waals surface area contributed by atoms with Gasteiger partial charge in [0.25, 0.3) is 0 Å². The Hall–Kier alpha value is -3.31. The molecule has 11 heteroatoms. The lowest BCUT2D eigenvalue weighted by atomic mass is 10.0. The molecule has 2 heterocycles. The topological polar surface area (TPSA) is 76.6 Å². The van der Waals surface area contributed by atoms with E-state index in [2.05, 4.69) is 4.98 Å². The number of aromatic nitrogens is 1. The van der Waals surface area contributed by atoms with Crippen LogP contribution in [0.2, 0.25) is 0 Å². The molecule has 1 aliphatic heterocycles. The van der Waals surface area contributed by atoms with Gasteiger partial charge in [0.15, 0.2) is 5.78 Å². The normalized spacial score (nSPS) is 16.6. The van der Waals surface area contributed by atoms with Crippen molar-refractivity contribution in [3.8, 4) is 5.75 Å². The van der Waals surface area contributed by atoms with Gasteiger partial charge in [0.05, 0.1) is 10.9 Å². The standard InChI is InChI=1S/C26H24F4N2O4S/c27-20-8-10-22(11-9-20)37(34,35)32-14-2-5-23(32)24(33)12-6-18-3-1-4-21(15-18)36-17-19-7-13-25(31-16-19)26(28,29)30/h1,3-4,7-11,13,15-16,23H,2,5-6,12,14,17H2/t23-/m0/s1. The molecule has 1 aromatic heterocycles. The number of nitrogens with zero attached hydrogens (tertiary/aromatic N) is 2. The Morgan fingerprint density at radius 2 is 1.81 bits per heavy atom. The fourth-order valence-corrected chi connectivity index (χ4v) is 5.84. The van der Waals surface area contributed by atoms with E-state index in [9.17, 15) is 30.8 Å². The molecule has 3 aromatic rings. The Balaban J connectivity index is 1.35. The number of benzene rings is 2.